The molecule has 57 heavy (non-hydrogen) atoms. The molecule has 2 aromatic heterocycles. The maximum atomic E-state index is 13.4. The van der Waals surface area contributed by atoms with Crippen molar-refractivity contribution < 1.29 is 28.8 Å². The van der Waals surface area contributed by atoms with Crippen molar-refractivity contribution in [3.8, 4) is 0 Å². The standard InChI is InChI=1S/C42H48N8O6S/c51-36(13-9-30-6-4-17-43-27-30)44-18-2-1-5-29-15-19-49(20-16-29)40(54)31-10-12-35(45-28-31)48-23-21-47(22-24-48)25-26-57-34-8-3-7-32-38(34)42(56)50(41(32)55)33-11-14-37(52)46-39(33)53/h3-4,6-10,12-13,17,27-29,33H,1-2,5,11,14-16,18-26H2,(H,44,51)(H,46,52,53)/b13-9+. The number of rotatable bonds is 14. The van der Waals surface area contributed by atoms with Gasteiger partial charge in [0.15, 0.2) is 0 Å². The third kappa shape index (κ3) is 9.77. The number of imide groups is 2. The highest BCUT2D eigenvalue weighted by atomic mass is 32.2. The minimum Gasteiger partial charge on any atom is -0.354 e. The van der Waals surface area contributed by atoms with Crippen molar-refractivity contribution in [3.05, 3.63) is 89.4 Å². The van der Waals surface area contributed by atoms with Crippen molar-refractivity contribution in [2.75, 3.05) is 63.0 Å². The number of fused-ring (bicyclic) bond motifs is 1. The van der Waals surface area contributed by atoms with E-state index in [1.807, 2.05) is 35.2 Å². The molecule has 0 radical (unpaired) electrons. The lowest BCUT2D eigenvalue weighted by Gasteiger charge is -2.35. The van der Waals surface area contributed by atoms with E-state index in [1.54, 1.807) is 36.8 Å². The zero-order chi connectivity index (χ0) is 39.7. The van der Waals surface area contributed by atoms with Crippen LogP contribution in [0.3, 0.4) is 0 Å². The molecule has 0 spiro atoms. The van der Waals surface area contributed by atoms with Crippen molar-refractivity contribution in [2.45, 2.75) is 55.9 Å². The van der Waals surface area contributed by atoms with E-state index in [1.165, 1.54) is 17.8 Å². The van der Waals surface area contributed by atoms with Gasteiger partial charge in [0, 0.05) is 94.1 Å². The maximum absolute atomic E-state index is 13.4. The SMILES string of the molecule is O=C(/C=C/c1cccnc1)NCCCCC1CCN(C(=O)c2ccc(N3CCN(CCSc4cccc5c4C(=O)N(C4CCC(=O)NC4=O)C5=O)CC3)nc2)CC1. The number of aromatic nitrogens is 2. The summed E-state index contributed by atoms with van der Waals surface area (Å²) >= 11 is 1.52. The van der Waals surface area contributed by atoms with Crippen molar-refractivity contribution in [3.63, 3.8) is 0 Å². The van der Waals surface area contributed by atoms with Gasteiger partial charge in [-0.25, -0.2) is 4.98 Å². The third-order valence-corrected chi connectivity index (χ3v) is 12.2. The summed E-state index contributed by atoms with van der Waals surface area (Å²) in [7, 11) is 0. The molecule has 14 nitrogen and oxygen atoms in total. The number of benzene rings is 1. The average Bonchev–Trinajstić information content (AvgIpc) is 3.49. The number of piperidine rings is 2. The molecule has 0 bridgehead atoms. The van der Waals surface area contributed by atoms with Crippen LogP contribution in [0.15, 0.2) is 72.0 Å². The summed E-state index contributed by atoms with van der Waals surface area (Å²) in [4.78, 5) is 93.0. The number of amides is 6. The molecule has 7 rings (SSSR count). The lowest BCUT2D eigenvalue weighted by atomic mass is 9.91. The number of likely N-dealkylation sites (tertiary alicyclic amines) is 1. The van der Waals surface area contributed by atoms with Gasteiger partial charge in [-0.05, 0) is 73.6 Å². The van der Waals surface area contributed by atoms with E-state index in [9.17, 15) is 28.8 Å². The Kier molecular flexibility index (Phi) is 13.1. The molecule has 3 fully saturated rings. The van der Waals surface area contributed by atoms with E-state index in [0.29, 0.717) is 39.8 Å². The number of piperazine rings is 1. The number of hydrogen-bond acceptors (Lipinski definition) is 11. The highest BCUT2D eigenvalue weighted by Gasteiger charge is 2.45. The van der Waals surface area contributed by atoms with Crippen molar-refractivity contribution in [1.29, 1.82) is 0 Å². The number of hydrogen-bond donors (Lipinski definition) is 2. The van der Waals surface area contributed by atoms with Crippen LogP contribution in [-0.2, 0) is 14.4 Å². The van der Waals surface area contributed by atoms with E-state index >= 15 is 0 Å². The Morgan fingerprint density at radius 3 is 2.46 bits per heavy atom. The van der Waals surface area contributed by atoms with Gasteiger partial charge in [0.25, 0.3) is 17.7 Å². The smallest absolute Gasteiger partial charge is 0.263 e. The number of unbranched alkanes of at least 4 members (excludes halogenated alkanes) is 1. The van der Waals surface area contributed by atoms with Crippen molar-refractivity contribution >= 4 is 59.1 Å². The number of thioether (sulfide) groups is 1. The van der Waals surface area contributed by atoms with Crippen LogP contribution in [0.4, 0.5) is 5.82 Å². The van der Waals surface area contributed by atoms with Gasteiger partial charge < -0.3 is 15.1 Å². The fraction of sp³-hybridized carbons (Fsp3) is 0.429. The Labute approximate surface area is 336 Å². The summed E-state index contributed by atoms with van der Waals surface area (Å²) in [6.45, 7) is 6.18. The van der Waals surface area contributed by atoms with E-state index < -0.39 is 29.7 Å². The fourth-order valence-electron chi connectivity index (χ4n) is 7.87. The van der Waals surface area contributed by atoms with Gasteiger partial charge in [-0.1, -0.05) is 25.0 Å². The van der Waals surface area contributed by atoms with E-state index in [4.69, 9.17) is 0 Å². The Morgan fingerprint density at radius 2 is 1.72 bits per heavy atom. The van der Waals surface area contributed by atoms with Gasteiger partial charge in [-0.3, -0.25) is 48.9 Å². The first kappa shape index (κ1) is 39.8. The molecule has 6 heterocycles. The van der Waals surface area contributed by atoms with Gasteiger partial charge in [0.2, 0.25) is 17.7 Å². The van der Waals surface area contributed by atoms with Crippen LogP contribution in [-0.4, -0.2) is 124 Å². The van der Waals surface area contributed by atoms with Gasteiger partial charge >= 0.3 is 0 Å². The molecule has 1 aromatic carbocycles. The second-order valence-electron chi connectivity index (χ2n) is 14.9. The molecular weight excluding hydrogens is 745 g/mol. The molecule has 1 atom stereocenters. The second kappa shape index (κ2) is 18.7. The van der Waals surface area contributed by atoms with E-state index in [-0.39, 0.29) is 24.7 Å². The predicted octanol–water partition coefficient (Wildman–Crippen LogP) is 3.64. The van der Waals surface area contributed by atoms with Crippen LogP contribution in [0.1, 0.15) is 81.6 Å². The largest absolute Gasteiger partial charge is 0.354 e. The molecule has 3 aromatic rings. The molecule has 4 aliphatic rings. The number of anilines is 1. The quantitative estimate of drug-likeness (QED) is 0.106. The Bertz CT molecular complexity index is 1990. The van der Waals surface area contributed by atoms with Crippen LogP contribution >= 0.6 is 11.8 Å². The Balaban J connectivity index is 0.789. The molecule has 15 heteroatoms. The van der Waals surface area contributed by atoms with E-state index in [2.05, 4.69) is 30.4 Å². The van der Waals surface area contributed by atoms with Crippen LogP contribution in [0, 0.1) is 5.92 Å². The monoisotopic (exact) mass is 792 g/mol. The fourth-order valence-corrected chi connectivity index (χ4v) is 8.96. The van der Waals surface area contributed by atoms with Gasteiger partial charge in [0.05, 0.1) is 16.7 Å². The molecule has 0 saturated carbocycles. The topological polar surface area (TPSA) is 165 Å². The number of nitrogens with one attached hydrogen (secondary N) is 2. The first-order chi connectivity index (χ1) is 27.7. The zero-order valence-electron chi connectivity index (χ0n) is 31.9. The first-order valence-corrected chi connectivity index (χ1v) is 20.8. The summed E-state index contributed by atoms with van der Waals surface area (Å²) < 4.78 is 0. The summed E-state index contributed by atoms with van der Waals surface area (Å²) in [5, 5.41) is 5.19. The lowest BCUT2D eigenvalue weighted by Crippen LogP contribution is -2.54. The van der Waals surface area contributed by atoms with Crippen molar-refractivity contribution in [1.82, 2.24) is 35.3 Å². The van der Waals surface area contributed by atoms with Crippen molar-refractivity contribution in [2.24, 2.45) is 5.92 Å². The molecule has 4 aliphatic heterocycles. The Morgan fingerprint density at radius 1 is 0.895 bits per heavy atom. The predicted molar refractivity (Wildman–Crippen MR) is 215 cm³/mol. The second-order valence-corrected chi connectivity index (χ2v) is 16.0. The molecule has 1 unspecified atom stereocenters. The highest BCUT2D eigenvalue weighted by Crippen LogP contribution is 2.34. The third-order valence-electron chi connectivity index (χ3n) is 11.1. The van der Waals surface area contributed by atoms with Gasteiger partial charge in [-0.2, -0.15) is 0 Å². The number of carbonyl (C=O) groups is 6. The molecule has 0 aliphatic carbocycles. The molecule has 6 amide bonds. The molecule has 2 N–H and O–H groups in total. The molecule has 3 saturated heterocycles. The number of carbonyl (C=O) groups excluding carboxylic acids is 6. The van der Waals surface area contributed by atoms with Gasteiger partial charge in [0.1, 0.15) is 11.9 Å². The minimum atomic E-state index is -0.984. The molecular formula is C42H48N8O6S. The first-order valence-electron chi connectivity index (χ1n) is 19.8. The summed E-state index contributed by atoms with van der Waals surface area (Å²) in [5.74, 6) is 0.0789. The Hall–Kier alpha value is -5.41. The minimum absolute atomic E-state index is 0.0238. The number of pyridine rings is 2. The van der Waals surface area contributed by atoms with E-state index in [0.717, 1.165) is 94.2 Å². The van der Waals surface area contributed by atoms with Crippen LogP contribution in [0.25, 0.3) is 6.08 Å². The maximum Gasteiger partial charge on any atom is 0.263 e. The molecule has 298 valence electrons. The van der Waals surface area contributed by atoms with Crippen LogP contribution in [0.2, 0.25) is 0 Å². The highest BCUT2D eigenvalue weighted by molar-refractivity contribution is 7.99. The number of nitrogens with zero attached hydrogens (tertiary/aromatic N) is 6. The average molecular weight is 793 g/mol. The lowest BCUT2D eigenvalue weighted by molar-refractivity contribution is -0.136. The zero-order valence-corrected chi connectivity index (χ0v) is 32.8. The summed E-state index contributed by atoms with van der Waals surface area (Å²) in [5.41, 5.74) is 2.12. The van der Waals surface area contributed by atoms with Gasteiger partial charge in [-0.15, -0.1) is 11.8 Å². The van der Waals surface area contributed by atoms with Crippen LogP contribution in [0.5, 0.6) is 0 Å². The summed E-state index contributed by atoms with van der Waals surface area (Å²) in [6.07, 6.45) is 13.6. The van der Waals surface area contributed by atoms with Crippen LogP contribution < -0.4 is 15.5 Å². The normalized spacial score (nSPS) is 19.3. The summed E-state index contributed by atoms with van der Waals surface area (Å²) in [6, 6.07) is 11.8.